The zero-order chi connectivity index (χ0) is 20.7. The maximum Gasteiger partial charge on any atom is 0.329 e. The Morgan fingerprint density at radius 2 is 1.90 bits per heavy atom. The lowest BCUT2D eigenvalue weighted by Crippen LogP contribution is -2.47. The molecule has 29 heavy (non-hydrogen) atoms. The van der Waals surface area contributed by atoms with Gasteiger partial charge in [-0.1, -0.05) is 6.07 Å². The maximum atomic E-state index is 12.9. The molecule has 0 aliphatic carbocycles. The second kappa shape index (κ2) is 7.64. The highest BCUT2D eigenvalue weighted by atomic mass is 16.4. The molecule has 0 saturated carbocycles. The van der Waals surface area contributed by atoms with Gasteiger partial charge in [0.25, 0.3) is 0 Å². The summed E-state index contributed by atoms with van der Waals surface area (Å²) < 4.78 is 3.17. The Morgan fingerprint density at radius 3 is 2.55 bits per heavy atom. The van der Waals surface area contributed by atoms with Crippen LogP contribution in [0, 0.1) is 0 Å². The summed E-state index contributed by atoms with van der Waals surface area (Å²) in [5.41, 5.74) is 2.46. The molecule has 2 aliphatic heterocycles. The summed E-state index contributed by atoms with van der Waals surface area (Å²) >= 11 is 0. The number of imidazole rings is 1. The number of hydrogen-bond acceptors (Lipinski definition) is 5. The molecule has 1 aromatic heterocycles. The number of benzene rings is 1. The molecule has 9 nitrogen and oxygen atoms in total. The third kappa shape index (κ3) is 3.67. The molecular formula is C20H26N4O5. The molecule has 0 bridgehead atoms. The van der Waals surface area contributed by atoms with Gasteiger partial charge in [-0.25, -0.2) is 4.79 Å². The number of piperidine rings is 2. The molecule has 4 rings (SSSR count). The number of aliphatic hydroxyl groups excluding tert-OH is 1. The lowest BCUT2D eigenvalue weighted by molar-refractivity contribution is -0.138. The highest BCUT2D eigenvalue weighted by Gasteiger charge is 2.31. The van der Waals surface area contributed by atoms with Crippen LogP contribution in [0.25, 0.3) is 11.0 Å². The van der Waals surface area contributed by atoms with Crippen LogP contribution in [0.15, 0.2) is 23.0 Å². The third-order valence-corrected chi connectivity index (χ3v) is 6.20. The van der Waals surface area contributed by atoms with Crippen molar-refractivity contribution in [2.24, 2.45) is 7.05 Å². The fourth-order valence-corrected chi connectivity index (χ4v) is 4.61. The average molecular weight is 402 g/mol. The summed E-state index contributed by atoms with van der Waals surface area (Å²) in [5, 5.41) is 21.7. The Bertz CT molecular complexity index is 1000. The summed E-state index contributed by atoms with van der Waals surface area (Å²) in [7, 11) is 1.72. The predicted octanol–water partition coefficient (Wildman–Crippen LogP) is 0.374. The number of nitrogens with zero attached hydrogens (tertiary/aromatic N) is 3. The van der Waals surface area contributed by atoms with Crippen LogP contribution in [-0.4, -0.2) is 62.0 Å². The standard InChI is InChI=1S/C20H26N4O5/c1-22-16-10-13(12-6-8-23(9-7-12)11-18(26)27)2-3-14(16)24(20(22)29)15-4-5-17(25)21-19(15)28/h2-3,10,12,15,19,28H,4-9,11H2,1H3,(H,21,25)(H,26,27). The number of carbonyl (C=O) groups excluding carboxylic acids is 1. The molecule has 1 amide bonds. The summed E-state index contributed by atoms with van der Waals surface area (Å²) in [5.74, 6) is -0.691. The largest absolute Gasteiger partial charge is 0.480 e. The first-order chi connectivity index (χ1) is 13.8. The van der Waals surface area contributed by atoms with Gasteiger partial charge in [-0.15, -0.1) is 0 Å². The highest BCUT2D eigenvalue weighted by Crippen LogP contribution is 2.31. The summed E-state index contributed by atoms with van der Waals surface area (Å²) in [6.45, 7) is 1.55. The van der Waals surface area contributed by atoms with Crippen molar-refractivity contribution in [3.8, 4) is 0 Å². The summed E-state index contributed by atoms with van der Waals surface area (Å²) in [6.07, 6.45) is 1.35. The summed E-state index contributed by atoms with van der Waals surface area (Å²) in [4.78, 5) is 37.2. The van der Waals surface area contributed by atoms with E-state index in [1.807, 2.05) is 23.1 Å². The van der Waals surface area contributed by atoms with E-state index in [2.05, 4.69) is 5.32 Å². The molecule has 156 valence electrons. The van der Waals surface area contributed by atoms with E-state index in [0.717, 1.165) is 42.5 Å². The molecule has 2 saturated heterocycles. The lowest BCUT2D eigenvalue weighted by atomic mass is 9.89. The zero-order valence-electron chi connectivity index (χ0n) is 16.4. The monoisotopic (exact) mass is 402 g/mol. The number of carboxylic acids is 1. The molecule has 2 aromatic rings. The second-order valence-electron chi connectivity index (χ2n) is 8.02. The average Bonchev–Trinajstić information content (AvgIpc) is 2.93. The van der Waals surface area contributed by atoms with Gasteiger partial charge in [0.05, 0.1) is 23.6 Å². The third-order valence-electron chi connectivity index (χ3n) is 6.20. The minimum absolute atomic E-state index is 0.0728. The minimum Gasteiger partial charge on any atom is -0.480 e. The Labute approximate surface area is 167 Å². The molecule has 9 heteroatoms. The molecule has 3 heterocycles. The fraction of sp³-hybridized carbons (Fsp3) is 0.550. The van der Waals surface area contributed by atoms with Crippen molar-refractivity contribution < 1.29 is 19.8 Å². The lowest BCUT2D eigenvalue weighted by Gasteiger charge is -2.31. The van der Waals surface area contributed by atoms with E-state index in [-0.39, 0.29) is 24.6 Å². The molecule has 0 radical (unpaired) electrons. The van der Waals surface area contributed by atoms with Gasteiger partial charge in [0.15, 0.2) is 0 Å². The number of likely N-dealkylation sites (tertiary alicyclic amines) is 1. The van der Waals surface area contributed by atoms with Crippen molar-refractivity contribution in [2.45, 2.75) is 43.9 Å². The van der Waals surface area contributed by atoms with Gasteiger partial charge < -0.3 is 15.5 Å². The number of carbonyl (C=O) groups is 2. The number of nitrogens with one attached hydrogen (secondary N) is 1. The van der Waals surface area contributed by atoms with Crippen LogP contribution in [0.2, 0.25) is 0 Å². The maximum absolute atomic E-state index is 12.9. The van der Waals surface area contributed by atoms with Crippen molar-refractivity contribution in [1.29, 1.82) is 0 Å². The number of aliphatic carboxylic acids is 1. The van der Waals surface area contributed by atoms with Gasteiger partial charge in [-0.2, -0.15) is 0 Å². The SMILES string of the molecule is Cn1c(=O)n(C2CCC(=O)NC2O)c2ccc(C3CCN(CC(=O)O)CC3)cc21. The molecule has 2 fully saturated rings. The topological polar surface area (TPSA) is 117 Å². The fourth-order valence-electron chi connectivity index (χ4n) is 4.61. The number of carboxylic acid groups (broad SMARTS) is 1. The molecular weight excluding hydrogens is 376 g/mol. The van der Waals surface area contributed by atoms with Crippen molar-refractivity contribution >= 4 is 22.9 Å². The Morgan fingerprint density at radius 1 is 1.17 bits per heavy atom. The van der Waals surface area contributed by atoms with E-state index < -0.39 is 18.2 Å². The number of amides is 1. The predicted molar refractivity (Wildman–Crippen MR) is 106 cm³/mol. The van der Waals surface area contributed by atoms with E-state index in [1.165, 1.54) is 0 Å². The van der Waals surface area contributed by atoms with Gasteiger partial charge in [0, 0.05) is 13.5 Å². The molecule has 1 aromatic carbocycles. The first-order valence-electron chi connectivity index (χ1n) is 9.97. The van der Waals surface area contributed by atoms with Gasteiger partial charge >= 0.3 is 11.7 Å². The first kappa shape index (κ1) is 19.7. The Balaban J connectivity index is 1.61. The summed E-state index contributed by atoms with van der Waals surface area (Å²) in [6, 6.07) is 5.47. The van der Waals surface area contributed by atoms with Crippen LogP contribution < -0.4 is 11.0 Å². The van der Waals surface area contributed by atoms with E-state index >= 15 is 0 Å². The normalized spacial score (nSPS) is 24.0. The van der Waals surface area contributed by atoms with Crippen LogP contribution in [0.3, 0.4) is 0 Å². The van der Waals surface area contributed by atoms with Crippen LogP contribution in [0.5, 0.6) is 0 Å². The van der Waals surface area contributed by atoms with Crippen LogP contribution in [0.4, 0.5) is 0 Å². The van der Waals surface area contributed by atoms with Crippen molar-refractivity contribution in [3.05, 3.63) is 34.2 Å². The molecule has 3 N–H and O–H groups in total. The van der Waals surface area contributed by atoms with E-state index in [9.17, 15) is 19.5 Å². The number of rotatable bonds is 4. The number of aryl methyl sites for hydroxylation is 1. The molecule has 2 atom stereocenters. The Hall–Kier alpha value is -2.65. The van der Waals surface area contributed by atoms with Crippen molar-refractivity contribution in [3.63, 3.8) is 0 Å². The van der Waals surface area contributed by atoms with Crippen molar-refractivity contribution in [1.82, 2.24) is 19.4 Å². The smallest absolute Gasteiger partial charge is 0.329 e. The first-order valence-corrected chi connectivity index (χ1v) is 9.97. The quantitative estimate of drug-likeness (QED) is 0.681. The van der Waals surface area contributed by atoms with Crippen LogP contribution in [0.1, 0.15) is 43.2 Å². The van der Waals surface area contributed by atoms with Gasteiger partial charge in [-0.3, -0.25) is 23.6 Å². The van der Waals surface area contributed by atoms with Gasteiger partial charge in [-0.05, 0) is 56.0 Å². The van der Waals surface area contributed by atoms with Gasteiger partial charge in [0.2, 0.25) is 5.91 Å². The molecule has 0 spiro atoms. The van der Waals surface area contributed by atoms with E-state index in [1.54, 1.807) is 16.2 Å². The Kier molecular flexibility index (Phi) is 5.18. The van der Waals surface area contributed by atoms with Crippen molar-refractivity contribution in [2.75, 3.05) is 19.6 Å². The number of hydrogen-bond donors (Lipinski definition) is 3. The highest BCUT2D eigenvalue weighted by molar-refractivity contribution is 5.79. The molecule has 2 unspecified atom stereocenters. The number of aromatic nitrogens is 2. The molecule has 2 aliphatic rings. The van der Waals surface area contributed by atoms with E-state index in [0.29, 0.717) is 12.3 Å². The second-order valence-corrected chi connectivity index (χ2v) is 8.02. The van der Waals surface area contributed by atoms with Gasteiger partial charge in [0.1, 0.15) is 6.23 Å². The van der Waals surface area contributed by atoms with Crippen LogP contribution in [-0.2, 0) is 16.6 Å². The minimum atomic E-state index is -1.09. The number of fused-ring (bicyclic) bond motifs is 1. The zero-order valence-corrected chi connectivity index (χ0v) is 16.4. The van der Waals surface area contributed by atoms with E-state index in [4.69, 9.17) is 5.11 Å². The number of aliphatic hydroxyl groups is 1. The van der Waals surface area contributed by atoms with Crippen LogP contribution >= 0.6 is 0 Å².